The van der Waals surface area contributed by atoms with Crippen LogP contribution in [0, 0.1) is 0 Å². The first kappa shape index (κ1) is 16.0. The molecule has 0 bridgehead atoms. The third kappa shape index (κ3) is 3.08. The van der Waals surface area contributed by atoms with Crippen LogP contribution in [0.1, 0.15) is 25.5 Å². The van der Waals surface area contributed by atoms with Crippen LogP contribution >= 0.6 is 23.4 Å². The average Bonchev–Trinajstić information content (AvgIpc) is 2.45. The number of hydrogen-bond acceptors (Lipinski definition) is 4. The minimum absolute atomic E-state index is 0.108. The molecule has 20 heavy (non-hydrogen) atoms. The van der Waals surface area contributed by atoms with Crippen LogP contribution < -0.4 is 10.5 Å². The summed E-state index contributed by atoms with van der Waals surface area (Å²) in [7, 11) is 1.68. The number of hydrogen-bond donors (Lipinski definition) is 1. The van der Waals surface area contributed by atoms with Crippen molar-refractivity contribution in [1.82, 2.24) is 4.90 Å². The fourth-order valence-electron chi connectivity index (χ4n) is 2.83. The summed E-state index contributed by atoms with van der Waals surface area (Å²) in [4.78, 5) is 2.46. The second kappa shape index (κ2) is 7.03. The van der Waals surface area contributed by atoms with Crippen LogP contribution in [0.2, 0.25) is 5.02 Å². The number of methoxy groups -OCH3 is 1. The minimum atomic E-state index is 0.108. The SMILES string of the molecule is COc1cccc(Cl)c1C(CN)N1CCSC(C)C1C. The standard InChI is InChI=1S/C15H23ClN2OS/c1-10-11(2)20-8-7-18(10)13(9-17)15-12(16)5-4-6-14(15)19-3/h4-6,10-11,13H,7-9,17H2,1-3H3. The van der Waals surface area contributed by atoms with Crippen molar-refractivity contribution in [2.24, 2.45) is 5.73 Å². The monoisotopic (exact) mass is 314 g/mol. The van der Waals surface area contributed by atoms with Gasteiger partial charge < -0.3 is 10.5 Å². The van der Waals surface area contributed by atoms with E-state index in [0.29, 0.717) is 17.8 Å². The first-order valence-corrected chi connectivity index (χ1v) is 8.42. The molecule has 1 aromatic carbocycles. The molecular formula is C15H23ClN2OS. The zero-order valence-electron chi connectivity index (χ0n) is 12.3. The Bertz CT molecular complexity index is 457. The van der Waals surface area contributed by atoms with Crippen LogP contribution in [0.15, 0.2) is 18.2 Å². The molecule has 3 atom stereocenters. The van der Waals surface area contributed by atoms with Gasteiger partial charge in [0.2, 0.25) is 0 Å². The van der Waals surface area contributed by atoms with E-state index >= 15 is 0 Å². The molecule has 2 N–H and O–H groups in total. The van der Waals surface area contributed by atoms with Crippen molar-refractivity contribution < 1.29 is 4.74 Å². The van der Waals surface area contributed by atoms with Crippen LogP contribution in [-0.4, -0.2) is 42.1 Å². The summed E-state index contributed by atoms with van der Waals surface area (Å²) in [6.07, 6.45) is 0. The molecule has 1 aliphatic heterocycles. The summed E-state index contributed by atoms with van der Waals surface area (Å²) in [6.45, 7) is 6.12. The van der Waals surface area contributed by atoms with Gasteiger partial charge in [0.05, 0.1) is 13.2 Å². The molecule has 1 heterocycles. The minimum Gasteiger partial charge on any atom is -0.496 e. The van der Waals surface area contributed by atoms with Gasteiger partial charge in [-0.2, -0.15) is 11.8 Å². The highest BCUT2D eigenvalue weighted by Crippen LogP contribution is 2.38. The van der Waals surface area contributed by atoms with Crippen molar-refractivity contribution in [3.05, 3.63) is 28.8 Å². The molecule has 0 radical (unpaired) electrons. The Morgan fingerprint density at radius 1 is 1.50 bits per heavy atom. The quantitative estimate of drug-likeness (QED) is 0.926. The normalized spacial score (nSPS) is 25.4. The highest BCUT2D eigenvalue weighted by Gasteiger charge is 2.33. The molecule has 5 heteroatoms. The molecule has 0 aliphatic carbocycles. The first-order chi connectivity index (χ1) is 9.60. The van der Waals surface area contributed by atoms with Gasteiger partial charge in [-0.1, -0.05) is 24.6 Å². The number of benzene rings is 1. The second-order valence-electron chi connectivity index (χ2n) is 5.16. The van der Waals surface area contributed by atoms with E-state index in [0.717, 1.165) is 28.6 Å². The highest BCUT2D eigenvalue weighted by molar-refractivity contribution is 8.00. The van der Waals surface area contributed by atoms with E-state index in [1.807, 2.05) is 30.0 Å². The van der Waals surface area contributed by atoms with E-state index in [4.69, 9.17) is 22.1 Å². The molecule has 3 unspecified atom stereocenters. The fraction of sp³-hybridized carbons (Fsp3) is 0.600. The average molecular weight is 315 g/mol. The molecular weight excluding hydrogens is 292 g/mol. The number of halogens is 1. The van der Waals surface area contributed by atoms with Gasteiger partial charge in [-0.15, -0.1) is 0 Å². The number of rotatable bonds is 4. The first-order valence-electron chi connectivity index (χ1n) is 7.00. The summed E-state index contributed by atoms with van der Waals surface area (Å²) in [5.74, 6) is 1.96. The van der Waals surface area contributed by atoms with Gasteiger partial charge >= 0.3 is 0 Å². The lowest BCUT2D eigenvalue weighted by Gasteiger charge is -2.42. The number of nitrogens with zero attached hydrogens (tertiary/aromatic N) is 1. The molecule has 1 saturated heterocycles. The van der Waals surface area contributed by atoms with Crippen LogP contribution in [0.4, 0.5) is 0 Å². The van der Waals surface area contributed by atoms with E-state index in [1.165, 1.54) is 0 Å². The number of nitrogens with two attached hydrogens (primary N) is 1. The second-order valence-corrected chi connectivity index (χ2v) is 7.05. The largest absolute Gasteiger partial charge is 0.496 e. The van der Waals surface area contributed by atoms with Crippen molar-refractivity contribution in [3.63, 3.8) is 0 Å². The Kier molecular flexibility index (Phi) is 5.61. The highest BCUT2D eigenvalue weighted by atomic mass is 35.5. The maximum absolute atomic E-state index is 6.42. The van der Waals surface area contributed by atoms with E-state index in [1.54, 1.807) is 7.11 Å². The van der Waals surface area contributed by atoms with Crippen molar-refractivity contribution in [3.8, 4) is 5.75 Å². The van der Waals surface area contributed by atoms with E-state index in [2.05, 4.69) is 18.7 Å². The third-order valence-corrected chi connectivity index (χ3v) is 5.79. The smallest absolute Gasteiger partial charge is 0.125 e. The molecule has 1 aliphatic rings. The van der Waals surface area contributed by atoms with E-state index in [-0.39, 0.29) is 6.04 Å². The molecule has 1 fully saturated rings. The number of ether oxygens (including phenoxy) is 1. The van der Waals surface area contributed by atoms with Gasteiger partial charge in [-0.05, 0) is 19.1 Å². The van der Waals surface area contributed by atoms with Crippen molar-refractivity contribution >= 4 is 23.4 Å². The molecule has 0 saturated carbocycles. The Labute approximate surface area is 130 Å². The Balaban J connectivity index is 2.37. The van der Waals surface area contributed by atoms with Crippen molar-refractivity contribution in [2.75, 3.05) is 26.0 Å². The lowest BCUT2D eigenvalue weighted by Crippen LogP contribution is -2.48. The Morgan fingerprint density at radius 2 is 2.25 bits per heavy atom. The van der Waals surface area contributed by atoms with Gasteiger partial charge in [-0.25, -0.2) is 0 Å². The van der Waals surface area contributed by atoms with E-state index < -0.39 is 0 Å². The molecule has 0 spiro atoms. The third-order valence-electron chi connectivity index (χ3n) is 4.12. The van der Waals surface area contributed by atoms with E-state index in [9.17, 15) is 0 Å². The Morgan fingerprint density at radius 3 is 2.90 bits per heavy atom. The molecule has 2 rings (SSSR count). The molecule has 1 aromatic rings. The maximum Gasteiger partial charge on any atom is 0.125 e. The van der Waals surface area contributed by atoms with Crippen molar-refractivity contribution in [1.29, 1.82) is 0 Å². The van der Waals surface area contributed by atoms with Gasteiger partial charge in [0.25, 0.3) is 0 Å². The van der Waals surface area contributed by atoms with Crippen LogP contribution in [0.5, 0.6) is 5.75 Å². The van der Waals surface area contributed by atoms with Crippen molar-refractivity contribution in [2.45, 2.75) is 31.2 Å². The van der Waals surface area contributed by atoms with Crippen LogP contribution in [0.3, 0.4) is 0 Å². The molecule has 0 aromatic heterocycles. The summed E-state index contributed by atoms with van der Waals surface area (Å²) >= 11 is 8.44. The zero-order valence-corrected chi connectivity index (χ0v) is 13.9. The summed E-state index contributed by atoms with van der Waals surface area (Å²) < 4.78 is 5.49. The fourth-order valence-corrected chi connectivity index (χ4v) is 4.25. The van der Waals surface area contributed by atoms with Crippen LogP contribution in [0.25, 0.3) is 0 Å². The summed E-state index contributed by atoms with van der Waals surface area (Å²) in [5, 5.41) is 1.34. The Hall–Kier alpha value is -0.420. The lowest BCUT2D eigenvalue weighted by atomic mass is 10.0. The number of thioether (sulfide) groups is 1. The zero-order chi connectivity index (χ0) is 14.7. The van der Waals surface area contributed by atoms with Gasteiger partial charge in [0.15, 0.2) is 0 Å². The predicted molar refractivity (Wildman–Crippen MR) is 87.9 cm³/mol. The summed E-state index contributed by atoms with van der Waals surface area (Å²) in [5.41, 5.74) is 7.09. The van der Waals surface area contributed by atoms with Crippen LogP contribution in [-0.2, 0) is 0 Å². The van der Waals surface area contributed by atoms with Gasteiger partial charge in [0.1, 0.15) is 5.75 Å². The van der Waals surface area contributed by atoms with Gasteiger partial charge in [0, 0.05) is 40.7 Å². The molecule has 3 nitrogen and oxygen atoms in total. The summed E-state index contributed by atoms with van der Waals surface area (Å²) in [6, 6.07) is 6.36. The maximum atomic E-state index is 6.42. The molecule has 0 amide bonds. The topological polar surface area (TPSA) is 38.5 Å². The predicted octanol–water partition coefficient (Wildman–Crippen LogP) is 3.17. The van der Waals surface area contributed by atoms with Gasteiger partial charge in [-0.3, -0.25) is 4.90 Å². The molecule has 112 valence electrons. The lowest BCUT2D eigenvalue weighted by molar-refractivity contribution is 0.148.